The number of aromatic nitrogens is 1. The zero-order valence-corrected chi connectivity index (χ0v) is 28.4. The number of amides is 1. The number of aliphatic hydroxyl groups is 1. The summed E-state index contributed by atoms with van der Waals surface area (Å²) in [6, 6.07) is 18.3. The lowest BCUT2D eigenvalue weighted by atomic mass is 9.77. The summed E-state index contributed by atoms with van der Waals surface area (Å²) in [5.41, 5.74) is 4.05. The fraction of sp³-hybridized carbons (Fsp3) is 0.537. The van der Waals surface area contributed by atoms with Gasteiger partial charge >= 0.3 is 0 Å². The predicted octanol–water partition coefficient (Wildman–Crippen LogP) is 7.85. The van der Waals surface area contributed by atoms with Gasteiger partial charge in [-0.3, -0.25) is 14.4 Å². The Bertz CT molecular complexity index is 1680. The third kappa shape index (κ3) is 6.89. The summed E-state index contributed by atoms with van der Waals surface area (Å²) >= 11 is 0. The van der Waals surface area contributed by atoms with Crippen molar-refractivity contribution in [3.63, 3.8) is 0 Å². The standard InChI is InChI=1S/C41H50N2O5/c1-28-15-18-38-34(22-28)30(26-41(48-38)19-7-8-20-41)16-17-36(44)31(23-29-10-3-2-4-11-29)25-37(45)32-24-35(42-21-9-14-39(42)46)40(47)43(27-32)33-12-5-6-13-33/h2-4,10-11,15,18,22,24,27,30-31,33,36,44H,5-9,12-14,16-17,19-21,23,25-26H2,1H3/t30-,31+,36+/m0/s1. The Morgan fingerprint density at radius 1 is 1.00 bits per heavy atom. The molecule has 7 rings (SSSR count). The molecule has 1 N–H and O–H groups in total. The second kappa shape index (κ2) is 14.0. The summed E-state index contributed by atoms with van der Waals surface area (Å²) in [6.45, 7) is 2.62. The van der Waals surface area contributed by atoms with Gasteiger partial charge < -0.3 is 19.3 Å². The maximum Gasteiger partial charge on any atom is 0.274 e. The van der Waals surface area contributed by atoms with Gasteiger partial charge in [0.2, 0.25) is 5.91 Å². The van der Waals surface area contributed by atoms with Gasteiger partial charge in [-0.05, 0) is 113 Å². The quantitative estimate of drug-likeness (QED) is 0.214. The Morgan fingerprint density at radius 2 is 1.77 bits per heavy atom. The fourth-order valence-corrected chi connectivity index (χ4v) is 9.01. The molecule has 3 atom stereocenters. The van der Waals surface area contributed by atoms with Crippen molar-refractivity contribution in [2.75, 3.05) is 11.4 Å². The van der Waals surface area contributed by atoms with Crippen LogP contribution in [-0.2, 0) is 11.2 Å². The number of ether oxygens (including phenoxy) is 1. The van der Waals surface area contributed by atoms with Gasteiger partial charge in [0.1, 0.15) is 17.0 Å². The first-order chi connectivity index (χ1) is 23.3. The summed E-state index contributed by atoms with van der Waals surface area (Å²) < 4.78 is 8.38. The maximum absolute atomic E-state index is 14.2. The molecule has 2 aliphatic heterocycles. The molecule has 2 saturated carbocycles. The summed E-state index contributed by atoms with van der Waals surface area (Å²) in [5.74, 6) is 0.850. The third-order valence-electron chi connectivity index (χ3n) is 11.6. The van der Waals surface area contributed by atoms with Crippen molar-refractivity contribution in [2.45, 2.75) is 127 Å². The van der Waals surface area contributed by atoms with Crippen LogP contribution >= 0.6 is 0 Å². The van der Waals surface area contributed by atoms with Crippen LogP contribution in [0.25, 0.3) is 0 Å². The molecule has 7 heteroatoms. The molecule has 254 valence electrons. The summed E-state index contributed by atoms with van der Waals surface area (Å²) in [5, 5.41) is 11.9. The Labute approximate surface area is 284 Å². The van der Waals surface area contributed by atoms with Crippen molar-refractivity contribution in [2.24, 2.45) is 5.92 Å². The lowest BCUT2D eigenvalue weighted by molar-refractivity contribution is -0.117. The highest BCUT2D eigenvalue weighted by Crippen LogP contribution is 2.50. The Balaban J connectivity index is 1.14. The summed E-state index contributed by atoms with van der Waals surface area (Å²) in [6.07, 6.45) is 13.8. The van der Waals surface area contributed by atoms with E-state index in [9.17, 15) is 19.5 Å². The topological polar surface area (TPSA) is 88.8 Å². The number of aryl methyl sites for hydroxylation is 1. The van der Waals surface area contributed by atoms with Crippen LogP contribution in [0, 0.1) is 12.8 Å². The third-order valence-corrected chi connectivity index (χ3v) is 11.6. The fourth-order valence-electron chi connectivity index (χ4n) is 9.01. The molecule has 7 nitrogen and oxygen atoms in total. The molecule has 1 aromatic heterocycles. The van der Waals surface area contributed by atoms with Crippen molar-refractivity contribution < 1.29 is 19.4 Å². The molecule has 3 heterocycles. The van der Waals surface area contributed by atoms with Crippen LogP contribution in [-0.4, -0.2) is 39.6 Å². The largest absolute Gasteiger partial charge is 0.487 e. The number of fused-ring (bicyclic) bond motifs is 1. The lowest BCUT2D eigenvalue weighted by Gasteiger charge is -2.40. The highest BCUT2D eigenvalue weighted by molar-refractivity contribution is 5.99. The minimum atomic E-state index is -0.676. The SMILES string of the molecule is Cc1ccc2c(c1)[C@@H](CC[C@@H](O)[C@@H](CC(=O)c1cc(N3CCCC3=O)c(=O)n(C3CCCC3)c1)Cc1ccccc1)CC1(CCCC1)O2. The molecule has 1 saturated heterocycles. The average molecular weight is 651 g/mol. The molecular weight excluding hydrogens is 600 g/mol. The number of carbonyl (C=O) groups is 2. The summed E-state index contributed by atoms with van der Waals surface area (Å²) in [4.78, 5) is 42.2. The van der Waals surface area contributed by atoms with E-state index in [1.165, 1.54) is 24.0 Å². The van der Waals surface area contributed by atoms with Crippen molar-refractivity contribution in [1.82, 2.24) is 4.57 Å². The van der Waals surface area contributed by atoms with E-state index in [1.807, 2.05) is 18.2 Å². The van der Waals surface area contributed by atoms with E-state index in [2.05, 4.69) is 37.3 Å². The van der Waals surface area contributed by atoms with Crippen LogP contribution in [0.5, 0.6) is 5.75 Å². The second-order valence-electron chi connectivity index (χ2n) is 15.1. The minimum absolute atomic E-state index is 0.0431. The van der Waals surface area contributed by atoms with Crippen molar-refractivity contribution in [1.29, 1.82) is 0 Å². The number of pyridine rings is 1. The first kappa shape index (κ1) is 32.8. The van der Waals surface area contributed by atoms with Gasteiger partial charge in [0.05, 0.1) is 6.10 Å². The second-order valence-corrected chi connectivity index (χ2v) is 15.1. The molecule has 1 amide bonds. The van der Waals surface area contributed by atoms with E-state index < -0.39 is 6.10 Å². The number of benzene rings is 2. The monoisotopic (exact) mass is 650 g/mol. The molecule has 3 aromatic rings. The Kier molecular flexibility index (Phi) is 9.59. The highest BCUT2D eigenvalue weighted by atomic mass is 16.5. The van der Waals surface area contributed by atoms with E-state index in [0.717, 1.165) is 62.7 Å². The lowest BCUT2D eigenvalue weighted by Crippen LogP contribution is -2.38. The zero-order valence-electron chi connectivity index (χ0n) is 28.4. The molecule has 2 aliphatic carbocycles. The van der Waals surface area contributed by atoms with E-state index in [-0.39, 0.29) is 41.2 Å². The minimum Gasteiger partial charge on any atom is -0.487 e. The van der Waals surface area contributed by atoms with Crippen LogP contribution in [0.1, 0.15) is 129 Å². The highest BCUT2D eigenvalue weighted by Gasteiger charge is 2.43. The van der Waals surface area contributed by atoms with Crippen LogP contribution in [0.3, 0.4) is 0 Å². The van der Waals surface area contributed by atoms with Crippen molar-refractivity contribution >= 4 is 17.4 Å². The van der Waals surface area contributed by atoms with E-state index in [0.29, 0.717) is 49.4 Å². The number of Topliss-reactive ketones (excluding diaryl/α,β-unsaturated/α-hetero) is 1. The maximum atomic E-state index is 14.2. The molecule has 2 aromatic carbocycles. The van der Waals surface area contributed by atoms with E-state index in [1.54, 1.807) is 21.7 Å². The number of ketones is 1. The molecule has 4 aliphatic rings. The van der Waals surface area contributed by atoms with Crippen LogP contribution in [0.4, 0.5) is 5.69 Å². The van der Waals surface area contributed by atoms with Crippen molar-refractivity contribution in [3.05, 3.63) is 93.4 Å². The van der Waals surface area contributed by atoms with Gasteiger partial charge in [0.15, 0.2) is 5.78 Å². The number of carbonyl (C=O) groups excluding carboxylic acids is 2. The van der Waals surface area contributed by atoms with E-state index >= 15 is 0 Å². The van der Waals surface area contributed by atoms with Crippen LogP contribution in [0.15, 0.2) is 65.6 Å². The van der Waals surface area contributed by atoms with Gasteiger partial charge in [-0.15, -0.1) is 0 Å². The van der Waals surface area contributed by atoms with Gasteiger partial charge in [-0.2, -0.15) is 0 Å². The molecular formula is C41H50N2O5. The van der Waals surface area contributed by atoms with Gasteiger partial charge in [-0.25, -0.2) is 0 Å². The van der Waals surface area contributed by atoms with Crippen LogP contribution < -0.4 is 15.2 Å². The number of hydrogen-bond acceptors (Lipinski definition) is 5. The normalized spacial score (nSPS) is 21.8. The number of anilines is 1. The number of hydrogen-bond donors (Lipinski definition) is 1. The van der Waals surface area contributed by atoms with Crippen LogP contribution in [0.2, 0.25) is 0 Å². The molecule has 0 radical (unpaired) electrons. The molecule has 3 fully saturated rings. The average Bonchev–Trinajstić information content (AvgIpc) is 3.88. The van der Waals surface area contributed by atoms with Crippen molar-refractivity contribution in [3.8, 4) is 5.75 Å². The predicted molar refractivity (Wildman–Crippen MR) is 188 cm³/mol. The smallest absolute Gasteiger partial charge is 0.274 e. The summed E-state index contributed by atoms with van der Waals surface area (Å²) in [7, 11) is 0. The first-order valence-corrected chi connectivity index (χ1v) is 18.4. The van der Waals surface area contributed by atoms with Gasteiger partial charge in [0.25, 0.3) is 5.56 Å². The number of rotatable bonds is 11. The zero-order chi connectivity index (χ0) is 33.3. The first-order valence-electron chi connectivity index (χ1n) is 18.4. The Morgan fingerprint density at radius 3 is 2.50 bits per heavy atom. The molecule has 1 spiro atoms. The molecule has 0 bridgehead atoms. The van der Waals surface area contributed by atoms with E-state index in [4.69, 9.17) is 4.74 Å². The number of aliphatic hydroxyl groups excluding tert-OH is 1. The molecule has 48 heavy (non-hydrogen) atoms. The van der Waals surface area contributed by atoms with Gasteiger partial charge in [0, 0.05) is 37.2 Å². The van der Waals surface area contributed by atoms with Gasteiger partial charge in [-0.1, -0.05) is 60.9 Å². The number of nitrogens with zero attached hydrogens (tertiary/aromatic N) is 2. The molecule has 0 unspecified atom stereocenters. The Hall–Kier alpha value is -3.71.